The highest BCUT2D eigenvalue weighted by Crippen LogP contribution is 2.56. The van der Waals surface area contributed by atoms with Gasteiger partial charge in [-0.25, -0.2) is 18.0 Å². The monoisotopic (exact) mass is 1090 g/mol. The number of aliphatic hydroxyl groups is 1. The summed E-state index contributed by atoms with van der Waals surface area (Å²) in [6, 6.07) is 5.99. The molecule has 31 heteroatoms. The van der Waals surface area contributed by atoms with Gasteiger partial charge in [-0.05, 0) is 92.2 Å². The van der Waals surface area contributed by atoms with Crippen LogP contribution in [-0.2, 0) is 73.3 Å². The van der Waals surface area contributed by atoms with Crippen LogP contribution in [0, 0.1) is 30.6 Å². The third-order valence-electron chi connectivity index (χ3n) is 12.5. The molecule has 6 N–H and O–H groups in total. The fourth-order valence-corrected chi connectivity index (χ4v) is 13.3. The van der Waals surface area contributed by atoms with E-state index in [0.29, 0.717) is 12.8 Å². The normalized spacial score (nSPS) is 28.9. The van der Waals surface area contributed by atoms with Crippen molar-refractivity contribution >= 4 is 62.5 Å². The molecule has 0 aromatic heterocycles. The summed E-state index contributed by atoms with van der Waals surface area (Å²) in [6.45, 7) is 22.8. The molecule has 2 heterocycles. The average molecular weight is 1090 g/mol. The van der Waals surface area contributed by atoms with Crippen LogP contribution in [0.1, 0.15) is 72.8 Å². The zero-order valence-corrected chi connectivity index (χ0v) is 42.1. The van der Waals surface area contributed by atoms with Crippen LogP contribution >= 0.6 is 0 Å². The molecule has 10 atom stereocenters. The van der Waals surface area contributed by atoms with Crippen LogP contribution in [0.15, 0.2) is 29.2 Å². The minimum absolute atomic E-state index is 0.0666. The van der Waals surface area contributed by atoms with Gasteiger partial charge in [-0.3, -0.25) is 17.5 Å². The van der Waals surface area contributed by atoms with Crippen LogP contribution in [0.4, 0.5) is 17.6 Å². The van der Waals surface area contributed by atoms with E-state index in [1.165, 1.54) is 51.4 Å². The molecule has 7 rings (SSSR count). The van der Waals surface area contributed by atoms with E-state index >= 15 is 0 Å². The molecule has 6 aliphatic rings. The molecule has 2 saturated heterocycles. The number of rotatable bonds is 12. The molecule has 6 fully saturated rings. The summed E-state index contributed by atoms with van der Waals surface area (Å²) in [5.74, 6) is -6.13. The minimum Gasteiger partial charge on any atom is -0.743 e. The van der Waals surface area contributed by atoms with Crippen molar-refractivity contribution in [2.24, 2.45) is 23.7 Å². The number of aliphatic hydroxyl groups excluding tert-OH is 1. The van der Waals surface area contributed by atoms with Gasteiger partial charge in [0.1, 0.15) is 18.3 Å². The number of hydrogen-bond donors (Lipinski definition) is 6. The first-order chi connectivity index (χ1) is 30.9. The number of quaternary nitrogens is 2. The minimum atomic E-state index is -6.21. The predicted octanol–water partition coefficient (Wildman–Crippen LogP) is -0.687. The molecule has 1 aromatic rings. The number of ether oxygens (including phenoxy) is 1. The second-order valence-corrected chi connectivity index (χ2v) is 24.4. The SMILES string of the molecule is CC[NH+](CC)CC.CC[NH+](CC)CC.Cc1ccc(S(=O)(=O)O)cc1.O=C(O)C(F)(F)S(=O)(=O)O.O=C(OC1C2CC3C1OS(=O)(=O)C3C2)C(F)(F)S(=O)(=O)[O-].O=S1(=O)OC2C(O)C3CC2C1C3. The van der Waals surface area contributed by atoms with E-state index in [-0.39, 0.29) is 28.4 Å². The fourth-order valence-electron chi connectivity index (χ4n) is 8.56. The molecule has 2 aliphatic heterocycles. The Bertz CT molecular complexity index is 2420. The van der Waals surface area contributed by atoms with Crippen LogP contribution in [0.2, 0.25) is 0 Å². The number of alkyl halides is 4. The number of carboxylic acid groups (broad SMARTS) is 1. The van der Waals surface area contributed by atoms with Gasteiger partial charge in [0, 0.05) is 17.8 Å². The third-order valence-corrected chi connectivity index (χ3v) is 18.6. The average Bonchev–Trinajstić information content (AvgIpc) is 4.06. The number of halogens is 4. The summed E-state index contributed by atoms with van der Waals surface area (Å²) in [7, 11) is -23.2. The maximum Gasteiger partial charge on any atom is 0.465 e. The van der Waals surface area contributed by atoms with Crippen LogP contribution in [-0.4, -0.2) is 163 Å². The summed E-state index contributed by atoms with van der Waals surface area (Å²) in [6.07, 6.45) is -1.49. The Kier molecular flexibility index (Phi) is 21.4. The van der Waals surface area contributed by atoms with E-state index < -0.39 is 115 Å². The van der Waals surface area contributed by atoms with E-state index in [0.717, 1.165) is 12.0 Å². The molecule has 22 nitrogen and oxygen atoms in total. The standard InChI is InChI=1S/C9H10F2O8S2.C7H10O4S.C7H8O3S.2C6H15N.C2H2F2O5S/c10-9(11,21(15,16)17)8(12)18-6-3-1-4-5(2-3)20(13,14)19-7(4)6;8-6-3-1-4-5(2-3)12(9,10)11-7(4)6;1-6-2-4-7(5-3-6)11(8,9)10;2*1-4-7(5-2)6-3;3-2(4,1(5)6)10(7,8)9/h3-7H,1-2H2,(H,15,16,17);3-8H,1-2H2;2-5H,1H3,(H,8,9,10);2*4-6H2,1-3H3;(H,5,6)(H,7,8,9)/p+1. The highest BCUT2D eigenvalue weighted by atomic mass is 32.2. The van der Waals surface area contributed by atoms with Gasteiger partial charge in [-0.15, -0.1) is 0 Å². The number of carbonyl (C=O) groups is 2. The fraction of sp³-hybridized carbons (Fsp3) is 0.784. The Hall–Kier alpha value is -2.69. The van der Waals surface area contributed by atoms with Crippen molar-refractivity contribution in [3.8, 4) is 0 Å². The lowest BCUT2D eigenvalue weighted by Gasteiger charge is -2.27. The second kappa shape index (κ2) is 23.7. The first-order valence-electron chi connectivity index (χ1n) is 21.3. The molecule has 0 amide bonds. The van der Waals surface area contributed by atoms with Gasteiger partial charge < -0.3 is 29.3 Å². The summed E-state index contributed by atoms with van der Waals surface area (Å²) >= 11 is 0. The van der Waals surface area contributed by atoms with Gasteiger partial charge in [0.25, 0.3) is 30.4 Å². The zero-order chi connectivity index (χ0) is 52.8. The molecule has 4 bridgehead atoms. The molecule has 1 aromatic carbocycles. The van der Waals surface area contributed by atoms with Gasteiger partial charge in [0.15, 0.2) is 10.1 Å². The number of aliphatic carboxylic acids is 1. The molecule has 0 spiro atoms. The molecule has 10 unspecified atom stereocenters. The highest BCUT2D eigenvalue weighted by molar-refractivity contribution is 7.88. The topological polar surface area (TPSA) is 345 Å². The molecule has 4 aliphatic carbocycles. The lowest BCUT2D eigenvalue weighted by atomic mass is 9.94. The Labute approximate surface area is 394 Å². The number of aryl methyl sites for hydroxylation is 1. The quantitative estimate of drug-likeness (QED) is 0.0653. The van der Waals surface area contributed by atoms with Gasteiger partial charge >= 0.3 is 32.6 Å². The van der Waals surface area contributed by atoms with Crippen molar-refractivity contribution in [3.63, 3.8) is 0 Å². The van der Waals surface area contributed by atoms with Crippen molar-refractivity contribution in [3.05, 3.63) is 29.8 Å². The Morgan fingerprint density at radius 3 is 1.40 bits per heavy atom. The number of fused-ring (bicyclic) bond motifs is 2. The maximum atomic E-state index is 13.1. The number of hydrogen-bond acceptors (Lipinski definition) is 17. The molecule has 0 radical (unpaired) electrons. The molecule has 4 saturated carbocycles. The van der Waals surface area contributed by atoms with E-state index in [2.05, 4.69) is 46.3 Å². The maximum absolute atomic E-state index is 13.1. The Balaban J connectivity index is 0.000000295. The van der Waals surface area contributed by atoms with Crippen LogP contribution < -0.4 is 9.80 Å². The lowest BCUT2D eigenvalue weighted by Crippen LogP contribution is -3.11. The van der Waals surface area contributed by atoms with Gasteiger partial charge in [-0.2, -0.15) is 51.2 Å². The van der Waals surface area contributed by atoms with E-state index in [1.807, 2.05) is 6.92 Å². The van der Waals surface area contributed by atoms with Crippen LogP contribution in [0.25, 0.3) is 0 Å². The largest absolute Gasteiger partial charge is 0.743 e. The molecular weight excluding hydrogens is 1030 g/mol. The smallest absolute Gasteiger partial charge is 0.465 e. The van der Waals surface area contributed by atoms with Crippen molar-refractivity contribution in [1.82, 2.24) is 0 Å². The Morgan fingerprint density at radius 1 is 0.706 bits per heavy atom. The number of carboxylic acids is 1. The summed E-state index contributed by atoms with van der Waals surface area (Å²) in [5, 5.41) is 5.65. The number of esters is 1. The van der Waals surface area contributed by atoms with E-state index in [1.54, 1.807) is 21.9 Å². The van der Waals surface area contributed by atoms with Gasteiger partial charge in [-0.1, -0.05) is 17.7 Å². The molecular formula is C37H61F4N2O20S5+. The van der Waals surface area contributed by atoms with Crippen LogP contribution in [0.5, 0.6) is 0 Å². The summed E-state index contributed by atoms with van der Waals surface area (Å²) < 4.78 is 196. The van der Waals surface area contributed by atoms with Crippen LogP contribution in [0.3, 0.4) is 0 Å². The molecule has 396 valence electrons. The third kappa shape index (κ3) is 14.7. The Morgan fingerprint density at radius 2 is 1.09 bits per heavy atom. The van der Waals surface area contributed by atoms with Crippen molar-refractivity contribution < 1.29 is 116 Å². The van der Waals surface area contributed by atoms with Crippen molar-refractivity contribution in [1.29, 1.82) is 0 Å². The van der Waals surface area contributed by atoms with E-state index in [4.69, 9.17) is 22.6 Å². The van der Waals surface area contributed by atoms with Crippen molar-refractivity contribution in [2.75, 3.05) is 39.3 Å². The highest BCUT2D eigenvalue weighted by Gasteiger charge is 2.67. The van der Waals surface area contributed by atoms with Gasteiger partial charge in [0.2, 0.25) is 0 Å². The predicted molar refractivity (Wildman–Crippen MR) is 228 cm³/mol. The second-order valence-electron chi connectivity index (χ2n) is 16.5. The summed E-state index contributed by atoms with van der Waals surface area (Å²) in [5.41, 5.74) is 0.956. The lowest BCUT2D eigenvalue weighted by molar-refractivity contribution is -0.894. The first-order valence-corrected chi connectivity index (χ1v) is 28.5. The zero-order valence-electron chi connectivity index (χ0n) is 38.0. The number of benzene rings is 1. The first kappa shape index (κ1) is 61.4. The molecule has 68 heavy (non-hydrogen) atoms. The van der Waals surface area contributed by atoms with Gasteiger partial charge in [0.05, 0.1) is 60.8 Å². The number of nitrogens with one attached hydrogen (secondary N) is 2. The van der Waals surface area contributed by atoms with Crippen molar-refractivity contribution in [2.45, 2.75) is 124 Å². The number of carbonyl (C=O) groups excluding carboxylic acids is 1. The summed E-state index contributed by atoms with van der Waals surface area (Å²) in [4.78, 5) is 23.9. The van der Waals surface area contributed by atoms with E-state index in [9.17, 15) is 78.9 Å².